The van der Waals surface area contributed by atoms with Crippen LogP contribution in [0.25, 0.3) is 0 Å². The zero-order chi connectivity index (χ0) is 14.7. The second-order valence-electron chi connectivity index (χ2n) is 5.63. The van der Waals surface area contributed by atoms with Crippen LogP contribution in [0.1, 0.15) is 17.7 Å². The van der Waals surface area contributed by atoms with E-state index < -0.39 is 0 Å². The summed E-state index contributed by atoms with van der Waals surface area (Å²) in [6, 6.07) is 13.6. The summed E-state index contributed by atoms with van der Waals surface area (Å²) in [7, 11) is 0. The number of hydrogen-bond donors (Lipinski definition) is 1. The molecule has 0 aliphatic carbocycles. The van der Waals surface area contributed by atoms with Gasteiger partial charge in [0.05, 0.1) is 19.3 Å². The molecule has 0 radical (unpaired) electrons. The minimum atomic E-state index is -0.333. The average molecular weight is 285 g/mol. The lowest BCUT2D eigenvalue weighted by Gasteiger charge is -2.27. The van der Waals surface area contributed by atoms with Crippen LogP contribution in [0.3, 0.4) is 0 Å². The van der Waals surface area contributed by atoms with E-state index in [4.69, 9.17) is 4.42 Å². The molecule has 0 bridgehead atoms. The summed E-state index contributed by atoms with van der Waals surface area (Å²) in [4.78, 5) is 14.2. The van der Waals surface area contributed by atoms with Crippen LogP contribution in [0.2, 0.25) is 0 Å². The molecule has 4 nitrogen and oxygen atoms in total. The molecule has 2 aromatic rings. The predicted molar refractivity (Wildman–Crippen MR) is 78.8 cm³/mol. The maximum atomic E-state index is 12.3. The van der Waals surface area contributed by atoms with Gasteiger partial charge in [0, 0.05) is 18.5 Å². The Kier molecular flexibility index (Phi) is 3.80. The summed E-state index contributed by atoms with van der Waals surface area (Å²) in [6.07, 6.45) is 2.65. The number of rotatable bonds is 4. The minimum Gasteiger partial charge on any atom is -0.469 e. The topological polar surface area (TPSA) is 53.7 Å². The number of nitrogens with zero attached hydrogens (tertiary/aromatic N) is 1. The molecule has 1 N–H and O–H groups in total. The van der Waals surface area contributed by atoms with Crippen molar-refractivity contribution in [2.45, 2.75) is 18.3 Å². The molecule has 110 valence electrons. The van der Waals surface area contributed by atoms with E-state index in [0.717, 1.165) is 12.0 Å². The van der Waals surface area contributed by atoms with Gasteiger partial charge in [-0.25, -0.2) is 0 Å². The molecule has 4 heteroatoms. The summed E-state index contributed by atoms with van der Waals surface area (Å²) >= 11 is 0. The van der Waals surface area contributed by atoms with Crippen LogP contribution in [-0.2, 0) is 16.6 Å². The van der Waals surface area contributed by atoms with Crippen LogP contribution in [0.15, 0.2) is 53.1 Å². The third kappa shape index (κ3) is 2.72. The number of carbonyl (C=O) groups is 1. The second kappa shape index (κ2) is 5.74. The monoisotopic (exact) mass is 285 g/mol. The van der Waals surface area contributed by atoms with Gasteiger partial charge in [0.15, 0.2) is 0 Å². The molecule has 1 unspecified atom stereocenters. The molecule has 1 aromatic carbocycles. The molecular weight excluding hydrogens is 266 g/mol. The Labute approximate surface area is 124 Å². The van der Waals surface area contributed by atoms with Crippen molar-refractivity contribution in [2.75, 3.05) is 19.7 Å². The number of aliphatic hydroxyl groups is 1. The lowest BCUT2D eigenvalue weighted by atomic mass is 9.80. The summed E-state index contributed by atoms with van der Waals surface area (Å²) in [5.41, 5.74) is 0.765. The Morgan fingerprint density at radius 3 is 2.71 bits per heavy atom. The Morgan fingerprint density at radius 2 is 2.05 bits per heavy atom. The van der Waals surface area contributed by atoms with Gasteiger partial charge < -0.3 is 14.4 Å². The summed E-state index contributed by atoms with van der Waals surface area (Å²) < 4.78 is 5.23. The van der Waals surface area contributed by atoms with Crippen LogP contribution >= 0.6 is 0 Å². The first-order valence-electron chi connectivity index (χ1n) is 7.20. The first-order valence-corrected chi connectivity index (χ1v) is 7.20. The number of amides is 1. The number of hydrogen-bond acceptors (Lipinski definition) is 3. The maximum absolute atomic E-state index is 12.3. The van der Waals surface area contributed by atoms with E-state index in [1.807, 2.05) is 41.3 Å². The fraction of sp³-hybridized carbons (Fsp3) is 0.353. The number of likely N-dealkylation sites (tertiary alicyclic amines) is 1. The molecule has 1 atom stereocenters. The summed E-state index contributed by atoms with van der Waals surface area (Å²) in [5, 5.41) is 9.87. The van der Waals surface area contributed by atoms with Crippen molar-refractivity contribution in [3.8, 4) is 0 Å². The number of benzene rings is 1. The van der Waals surface area contributed by atoms with E-state index in [2.05, 4.69) is 0 Å². The fourth-order valence-electron chi connectivity index (χ4n) is 3.01. The van der Waals surface area contributed by atoms with Crippen molar-refractivity contribution >= 4 is 5.91 Å². The number of furan rings is 1. The molecular formula is C17H19NO3. The van der Waals surface area contributed by atoms with Gasteiger partial charge in [-0.3, -0.25) is 4.79 Å². The normalized spacial score (nSPS) is 21.7. The minimum absolute atomic E-state index is 0.0520. The highest BCUT2D eigenvalue weighted by Gasteiger charge is 2.40. The fourth-order valence-corrected chi connectivity index (χ4v) is 3.01. The average Bonchev–Trinajstić information content (AvgIpc) is 3.18. The molecule has 0 spiro atoms. The molecule has 3 rings (SSSR count). The Bertz CT molecular complexity index is 594. The van der Waals surface area contributed by atoms with E-state index in [1.165, 1.54) is 0 Å². The van der Waals surface area contributed by atoms with Crippen LogP contribution in [-0.4, -0.2) is 35.6 Å². The van der Waals surface area contributed by atoms with Crippen LogP contribution in [0.5, 0.6) is 0 Å². The van der Waals surface area contributed by atoms with Crippen molar-refractivity contribution in [1.82, 2.24) is 4.90 Å². The van der Waals surface area contributed by atoms with Crippen LogP contribution in [0, 0.1) is 0 Å². The van der Waals surface area contributed by atoms with Gasteiger partial charge in [-0.15, -0.1) is 0 Å². The lowest BCUT2D eigenvalue weighted by Crippen LogP contribution is -2.37. The summed E-state index contributed by atoms with van der Waals surface area (Å²) in [6.45, 7) is 1.30. The van der Waals surface area contributed by atoms with Gasteiger partial charge >= 0.3 is 0 Å². The molecule has 2 heterocycles. The molecule has 1 aliphatic heterocycles. The van der Waals surface area contributed by atoms with Crippen molar-refractivity contribution in [2.24, 2.45) is 0 Å². The van der Waals surface area contributed by atoms with Gasteiger partial charge in [0.2, 0.25) is 5.91 Å². The third-order valence-corrected chi connectivity index (χ3v) is 4.30. The highest BCUT2D eigenvalue weighted by molar-refractivity contribution is 5.78. The van der Waals surface area contributed by atoms with E-state index >= 15 is 0 Å². The van der Waals surface area contributed by atoms with Crippen molar-refractivity contribution in [1.29, 1.82) is 0 Å². The SMILES string of the molecule is O=C(Cc1ccco1)N1CCC(CO)(c2ccccc2)C1. The highest BCUT2D eigenvalue weighted by atomic mass is 16.3. The number of carbonyl (C=O) groups excluding carboxylic acids is 1. The molecule has 1 saturated heterocycles. The zero-order valence-electron chi connectivity index (χ0n) is 11.9. The number of aliphatic hydroxyl groups excluding tert-OH is 1. The molecule has 21 heavy (non-hydrogen) atoms. The predicted octanol–water partition coefficient (Wildman–Crippen LogP) is 1.98. The van der Waals surface area contributed by atoms with Gasteiger partial charge in [0.25, 0.3) is 0 Å². The van der Waals surface area contributed by atoms with Gasteiger partial charge in [-0.2, -0.15) is 0 Å². The lowest BCUT2D eigenvalue weighted by molar-refractivity contribution is -0.129. The van der Waals surface area contributed by atoms with E-state index in [0.29, 0.717) is 18.8 Å². The van der Waals surface area contributed by atoms with E-state index in [1.54, 1.807) is 12.3 Å². The first kappa shape index (κ1) is 13.9. The standard InChI is InChI=1S/C17H19NO3/c19-13-17(14-5-2-1-3-6-14)8-9-18(12-17)16(20)11-15-7-4-10-21-15/h1-7,10,19H,8-9,11-13H2. The van der Waals surface area contributed by atoms with Crippen LogP contribution < -0.4 is 0 Å². The van der Waals surface area contributed by atoms with Crippen molar-refractivity contribution in [3.63, 3.8) is 0 Å². The van der Waals surface area contributed by atoms with Crippen LogP contribution in [0.4, 0.5) is 0 Å². The Balaban J connectivity index is 1.73. The first-order chi connectivity index (χ1) is 10.2. The quantitative estimate of drug-likeness (QED) is 0.934. The molecule has 1 aliphatic rings. The maximum Gasteiger partial charge on any atom is 0.230 e. The summed E-state index contributed by atoms with van der Waals surface area (Å²) in [5.74, 6) is 0.734. The van der Waals surface area contributed by atoms with Gasteiger partial charge in [-0.1, -0.05) is 30.3 Å². The second-order valence-corrected chi connectivity index (χ2v) is 5.63. The highest BCUT2D eigenvalue weighted by Crippen LogP contribution is 2.34. The van der Waals surface area contributed by atoms with Crippen molar-refractivity contribution < 1.29 is 14.3 Å². The van der Waals surface area contributed by atoms with E-state index in [-0.39, 0.29) is 24.3 Å². The Hall–Kier alpha value is -2.07. The van der Waals surface area contributed by atoms with Gasteiger partial charge in [-0.05, 0) is 24.1 Å². The molecule has 0 saturated carbocycles. The molecule has 1 fully saturated rings. The van der Waals surface area contributed by atoms with E-state index in [9.17, 15) is 9.90 Å². The van der Waals surface area contributed by atoms with Crippen molar-refractivity contribution in [3.05, 3.63) is 60.1 Å². The largest absolute Gasteiger partial charge is 0.469 e. The smallest absolute Gasteiger partial charge is 0.230 e. The molecule has 1 aromatic heterocycles. The zero-order valence-corrected chi connectivity index (χ0v) is 11.9. The van der Waals surface area contributed by atoms with Gasteiger partial charge in [0.1, 0.15) is 5.76 Å². The third-order valence-electron chi connectivity index (χ3n) is 4.30. The Morgan fingerprint density at radius 1 is 1.24 bits per heavy atom. The molecule has 1 amide bonds.